The molecule has 0 aliphatic carbocycles. The number of halogens is 2. The fourth-order valence-electron chi connectivity index (χ4n) is 1.23. The molecule has 0 spiro atoms. The molecule has 0 radical (unpaired) electrons. The highest BCUT2D eigenvalue weighted by Gasteiger charge is 2.12. The van der Waals surface area contributed by atoms with Crippen molar-refractivity contribution >= 4 is 23.2 Å². The molecule has 1 aromatic rings. The monoisotopic (exact) mass is 217 g/mol. The van der Waals surface area contributed by atoms with Crippen LogP contribution in [-0.4, -0.2) is 4.98 Å². The summed E-state index contributed by atoms with van der Waals surface area (Å²) in [5, 5.41) is 0.929. The maximum absolute atomic E-state index is 5.78. The Morgan fingerprint density at radius 1 is 1.15 bits per heavy atom. The average molecular weight is 218 g/mol. The number of hydrogen-bond acceptors (Lipinski definition) is 1. The fourth-order valence-corrected chi connectivity index (χ4v) is 1.73. The third kappa shape index (κ3) is 3.97. The van der Waals surface area contributed by atoms with Crippen molar-refractivity contribution in [3.8, 4) is 0 Å². The Hall–Kier alpha value is -0.270. The third-order valence-corrected chi connectivity index (χ3v) is 1.94. The lowest BCUT2D eigenvalue weighted by atomic mass is 9.89. The van der Waals surface area contributed by atoms with Gasteiger partial charge < -0.3 is 0 Å². The highest BCUT2D eigenvalue weighted by molar-refractivity contribution is 6.32. The van der Waals surface area contributed by atoms with Crippen LogP contribution in [0.1, 0.15) is 26.3 Å². The van der Waals surface area contributed by atoms with Crippen LogP contribution in [0.25, 0.3) is 0 Å². The van der Waals surface area contributed by atoms with Crippen LogP contribution >= 0.6 is 23.2 Å². The molecule has 0 N–H and O–H groups in total. The van der Waals surface area contributed by atoms with Crippen LogP contribution in [0.15, 0.2) is 12.1 Å². The maximum Gasteiger partial charge on any atom is 0.131 e. The Morgan fingerprint density at radius 3 is 2.00 bits per heavy atom. The molecule has 1 heterocycles. The largest absolute Gasteiger partial charge is 0.224 e. The van der Waals surface area contributed by atoms with Crippen molar-refractivity contribution < 1.29 is 0 Å². The minimum atomic E-state index is 0.244. The summed E-state index contributed by atoms with van der Waals surface area (Å²) in [5.41, 5.74) is 1.38. The van der Waals surface area contributed by atoms with E-state index in [1.54, 1.807) is 0 Å². The van der Waals surface area contributed by atoms with Gasteiger partial charge in [-0.1, -0.05) is 44.0 Å². The van der Waals surface area contributed by atoms with E-state index in [0.29, 0.717) is 10.3 Å². The first-order valence-corrected chi connectivity index (χ1v) is 4.94. The maximum atomic E-state index is 5.78. The molecule has 1 nitrogen and oxygen atoms in total. The van der Waals surface area contributed by atoms with Crippen molar-refractivity contribution in [3.05, 3.63) is 28.0 Å². The number of hydrogen-bond donors (Lipinski definition) is 0. The Morgan fingerprint density at radius 2 is 1.62 bits per heavy atom. The summed E-state index contributed by atoms with van der Waals surface area (Å²) >= 11 is 11.6. The van der Waals surface area contributed by atoms with Crippen LogP contribution in [0.2, 0.25) is 10.3 Å². The molecule has 72 valence electrons. The normalized spacial score (nSPS) is 11.8. The Labute approximate surface area is 89.1 Å². The lowest BCUT2D eigenvalue weighted by Crippen LogP contribution is -2.09. The molecule has 1 aromatic heterocycles. The predicted molar refractivity (Wildman–Crippen MR) is 57.4 cm³/mol. The van der Waals surface area contributed by atoms with E-state index in [4.69, 9.17) is 23.2 Å². The van der Waals surface area contributed by atoms with Gasteiger partial charge in [-0.05, 0) is 29.5 Å². The highest BCUT2D eigenvalue weighted by Crippen LogP contribution is 2.23. The molecule has 0 aliphatic heterocycles. The van der Waals surface area contributed by atoms with Crippen molar-refractivity contribution in [1.29, 1.82) is 0 Å². The number of aromatic nitrogens is 1. The van der Waals surface area contributed by atoms with Gasteiger partial charge in [0.15, 0.2) is 0 Å². The lowest BCUT2D eigenvalue weighted by molar-refractivity contribution is 0.411. The fraction of sp³-hybridized carbons (Fsp3) is 0.500. The second kappa shape index (κ2) is 3.85. The van der Waals surface area contributed by atoms with Gasteiger partial charge in [-0.25, -0.2) is 4.98 Å². The van der Waals surface area contributed by atoms with E-state index in [9.17, 15) is 0 Å². The number of rotatable bonds is 1. The second-order valence-electron chi connectivity index (χ2n) is 4.36. The summed E-state index contributed by atoms with van der Waals surface area (Å²) in [6, 6.07) is 3.72. The molecule has 0 saturated carbocycles. The number of nitrogens with zero attached hydrogens (tertiary/aromatic N) is 1. The van der Waals surface area contributed by atoms with Crippen LogP contribution in [-0.2, 0) is 6.42 Å². The molecule has 0 atom stereocenters. The summed E-state index contributed by atoms with van der Waals surface area (Å²) in [7, 11) is 0. The zero-order valence-corrected chi connectivity index (χ0v) is 9.58. The molecule has 0 aromatic carbocycles. The smallest absolute Gasteiger partial charge is 0.131 e. The van der Waals surface area contributed by atoms with E-state index < -0.39 is 0 Å². The van der Waals surface area contributed by atoms with Crippen molar-refractivity contribution in [2.75, 3.05) is 0 Å². The van der Waals surface area contributed by atoms with Crippen LogP contribution in [0, 0.1) is 5.41 Å². The molecule has 0 amide bonds. The van der Waals surface area contributed by atoms with E-state index in [1.807, 2.05) is 12.1 Å². The summed E-state index contributed by atoms with van der Waals surface area (Å²) in [6.07, 6.45) is 0.953. The molecule has 0 fully saturated rings. The predicted octanol–water partition coefficient (Wildman–Crippen LogP) is 3.98. The molecule has 1 rings (SSSR count). The van der Waals surface area contributed by atoms with E-state index in [0.717, 1.165) is 12.0 Å². The van der Waals surface area contributed by atoms with Gasteiger partial charge >= 0.3 is 0 Å². The second-order valence-corrected chi connectivity index (χ2v) is 5.13. The molecule has 13 heavy (non-hydrogen) atoms. The van der Waals surface area contributed by atoms with Crippen molar-refractivity contribution in [3.63, 3.8) is 0 Å². The molecule has 0 saturated heterocycles. The first-order chi connectivity index (χ1) is 5.87. The van der Waals surface area contributed by atoms with Gasteiger partial charge in [-0.2, -0.15) is 0 Å². The summed E-state index contributed by atoms with van der Waals surface area (Å²) in [5.74, 6) is 0. The van der Waals surface area contributed by atoms with E-state index in [-0.39, 0.29) is 5.41 Å². The Kier molecular flexibility index (Phi) is 3.20. The van der Waals surface area contributed by atoms with Gasteiger partial charge in [0.2, 0.25) is 0 Å². The minimum absolute atomic E-state index is 0.244. The summed E-state index contributed by atoms with van der Waals surface area (Å²) < 4.78 is 0. The quantitative estimate of drug-likeness (QED) is 0.649. The van der Waals surface area contributed by atoms with Gasteiger partial charge in [0, 0.05) is 0 Å². The Balaban J connectivity index is 2.90. The Bertz CT molecular complexity index is 282. The van der Waals surface area contributed by atoms with Crippen LogP contribution < -0.4 is 0 Å². The summed E-state index contributed by atoms with van der Waals surface area (Å²) in [6.45, 7) is 6.53. The van der Waals surface area contributed by atoms with Gasteiger partial charge in [-0.3, -0.25) is 0 Å². The van der Waals surface area contributed by atoms with Gasteiger partial charge in [-0.15, -0.1) is 0 Å². The van der Waals surface area contributed by atoms with E-state index >= 15 is 0 Å². The molecule has 3 heteroatoms. The SMILES string of the molecule is CC(C)(C)Cc1cc(Cl)nc(Cl)c1. The number of pyridine rings is 1. The van der Waals surface area contributed by atoms with Gasteiger partial charge in [0.05, 0.1) is 0 Å². The zero-order chi connectivity index (χ0) is 10.1. The third-order valence-electron chi connectivity index (χ3n) is 1.56. The average Bonchev–Trinajstić information content (AvgIpc) is 1.78. The molecule has 0 unspecified atom stereocenters. The first kappa shape index (κ1) is 10.8. The van der Waals surface area contributed by atoms with Gasteiger partial charge in [0.1, 0.15) is 10.3 Å². The van der Waals surface area contributed by atoms with E-state index in [1.165, 1.54) is 0 Å². The van der Waals surface area contributed by atoms with Crippen molar-refractivity contribution in [1.82, 2.24) is 4.98 Å². The van der Waals surface area contributed by atoms with Crippen LogP contribution in [0.4, 0.5) is 0 Å². The highest BCUT2D eigenvalue weighted by atomic mass is 35.5. The minimum Gasteiger partial charge on any atom is -0.224 e. The molecular formula is C10H13Cl2N. The van der Waals surface area contributed by atoms with Crippen molar-refractivity contribution in [2.45, 2.75) is 27.2 Å². The lowest BCUT2D eigenvalue weighted by Gasteiger charge is -2.18. The van der Waals surface area contributed by atoms with Crippen molar-refractivity contribution in [2.24, 2.45) is 5.41 Å². The molecule has 0 aliphatic rings. The van der Waals surface area contributed by atoms with Crippen LogP contribution in [0.3, 0.4) is 0 Å². The standard InChI is InChI=1S/C10H13Cl2N/c1-10(2,3)6-7-4-8(11)13-9(12)5-7/h4-5H,6H2,1-3H3. The first-order valence-electron chi connectivity index (χ1n) is 4.19. The van der Waals surface area contributed by atoms with E-state index in [2.05, 4.69) is 25.8 Å². The van der Waals surface area contributed by atoms with Gasteiger partial charge in [0.25, 0.3) is 0 Å². The molecule has 0 bridgehead atoms. The van der Waals surface area contributed by atoms with Crippen LogP contribution in [0.5, 0.6) is 0 Å². The zero-order valence-electron chi connectivity index (χ0n) is 8.06. The topological polar surface area (TPSA) is 12.9 Å². The summed E-state index contributed by atoms with van der Waals surface area (Å²) in [4.78, 5) is 3.90. The molecular weight excluding hydrogens is 205 g/mol.